The Labute approximate surface area is 96.2 Å². The van der Waals surface area contributed by atoms with Gasteiger partial charge in [-0.15, -0.1) is 12.4 Å². The summed E-state index contributed by atoms with van der Waals surface area (Å²) in [6, 6.07) is 0.721. The number of aryl methyl sites for hydroxylation is 1. The van der Waals surface area contributed by atoms with Crippen LogP contribution in [0.15, 0.2) is 4.52 Å². The second kappa shape index (κ2) is 6.08. The van der Waals surface area contributed by atoms with Gasteiger partial charge in [0, 0.05) is 19.0 Å². The van der Waals surface area contributed by atoms with Gasteiger partial charge < -0.3 is 9.84 Å². The molecule has 1 N–H and O–H groups in total. The average molecular weight is 232 g/mol. The third kappa shape index (κ3) is 3.80. The number of halogens is 1. The summed E-state index contributed by atoms with van der Waals surface area (Å²) in [5, 5.41) is 7.26. The summed E-state index contributed by atoms with van der Waals surface area (Å²) in [4.78, 5) is 4.16. The predicted molar refractivity (Wildman–Crippen MR) is 60.2 cm³/mol. The van der Waals surface area contributed by atoms with E-state index in [9.17, 15) is 0 Å². The molecule has 1 aromatic rings. The topological polar surface area (TPSA) is 51.0 Å². The van der Waals surface area contributed by atoms with Crippen molar-refractivity contribution in [3.8, 4) is 0 Å². The van der Waals surface area contributed by atoms with E-state index in [1.807, 2.05) is 6.92 Å². The first-order valence-electron chi connectivity index (χ1n) is 5.37. The van der Waals surface area contributed by atoms with Crippen molar-refractivity contribution < 1.29 is 4.52 Å². The van der Waals surface area contributed by atoms with Crippen LogP contribution in [0.2, 0.25) is 0 Å². The van der Waals surface area contributed by atoms with Gasteiger partial charge in [0.15, 0.2) is 5.82 Å². The number of aromatic nitrogens is 2. The molecule has 15 heavy (non-hydrogen) atoms. The Morgan fingerprint density at radius 2 is 2.13 bits per heavy atom. The van der Waals surface area contributed by atoms with E-state index in [-0.39, 0.29) is 12.4 Å². The fourth-order valence-electron chi connectivity index (χ4n) is 1.95. The third-order valence-electron chi connectivity index (χ3n) is 2.70. The molecule has 2 rings (SSSR count). The average Bonchev–Trinajstić information content (AvgIpc) is 2.77. The van der Waals surface area contributed by atoms with Crippen molar-refractivity contribution in [1.29, 1.82) is 0 Å². The van der Waals surface area contributed by atoms with Crippen molar-refractivity contribution >= 4 is 12.4 Å². The Morgan fingerprint density at radius 1 is 1.40 bits per heavy atom. The lowest BCUT2D eigenvalue weighted by molar-refractivity contribution is 0.369. The van der Waals surface area contributed by atoms with Crippen LogP contribution in [0.1, 0.15) is 37.4 Å². The normalized spacial score (nSPS) is 16.6. The number of rotatable bonds is 4. The first-order valence-corrected chi connectivity index (χ1v) is 5.37. The SMILES string of the molecule is Cc1noc(CCNC2CCCC2)n1.Cl. The molecular formula is C10H18ClN3O. The highest BCUT2D eigenvalue weighted by molar-refractivity contribution is 5.85. The Bertz CT molecular complexity index is 284. The van der Waals surface area contributed by atoms with E-state index in [0.717, 1.165) is 30.7 Å². The molecule has 0 bridgehead atoms. The van der Waals surface area contributed by atoms with Gasteiger partial charge in [0.05, 0.1) is 0 Å². The van der Waals surface area contributed by atoms with E-state index in [1.165, 1.54) is 25.7 Å². The fourth-order valence-corrected chi connectivity index (χ4v) is 1.95. The first-order chi connectivity index (χ1) is 6.84. The molecule has 0 unspecified atom stereocenters. The van der Waals surface area contributed by atoms with Crippen molar-refractivity contribution in [2.24, 2.45) is 0 Å². The second-order valence-corrected chi connectivity index (χ2v) is 3.92. The molecule has 0 aromatic carbocycles. The minimum Gasteiger partial charge on any atom is -0.339 e. The zero-order valence-corrected chi connectivity index (χ0v) is 9.85. The van der Waals surface area contributed by atoms with E-state index in [1.54, 1.807) is 0 Å². The summed E-state index contributed by atoms with van der Waals surface area (Å²) in [5.74, 6) is 1.47. The summed E-state index contributed by atoms with van der Waals surface area (Å²) >= 11 is 0. The molecule has 1 heterocycles. The maximum absolute atomic E-state index is 5.03. The quantitative estimate of drug-likeness (QED) is 0.860. The molecule has 0 aliphatic heterocycles. The second-order valence-electron chi connectivity index (χ2n) is 3.92. The van der Waals surface area contributed by atoms with Gasteiger partial charge in [-0.25, -0.2) is 0 Å². The number of hydrogen-bond acceptors (Lipinski definition) is 4. The van der Waals surface area contributed by atoms with E-state index in [0.29, 0.717) is 0 Å². The molecule has 0 amide bonds. The number of hydrogen-bond donors (Lipinski definition) is 1. The van der Waals surface area contributed by atoms with Gasteiger partial charge in [0.25, 0.3) is 0 Å². The summed E-state index contributed by atoms with van der Waals surface area (Å²) < 4.78 is 5.03. The summed E-state index contributed by atoms with van der Waals surface area (Å²) in [6.07, 6.45) is 6.23. The lowest BCUT2D eigenvalue weighted by Crippen LogP contribution is -2.28. The summed E-state index contributed by atoms with van der Waals surface area (Å²) in [5.41, 5.74) is 0. The van der Waals surface area contributed by atoms with Crippen LogP contribution in [0.3, 0.4) is 0 Å². The molecule has 1 saturated carbocycles. The Kier molecular flexibility index (Phi) is 5.05. The van der Waals surface area contributed by atoms with Gasteiger partial charge in [0.1, 0.15) is 0 Å². The van der Waals surface area contributed by atoms with Crippen LogP contribution >= 0.6 is 12.4 Å². The highest BCUT2D eigenvalue weighted by Gasteiger charge is 2.13. The first kappa shape index (κ1) is 12.5. The Balaban J connectivity index is 0.00000112. The predicted octanol–water partition coefficient (Wildman–Crippen LogP) is 1.87. The van der Waals surface area contributed by atoms with Crippen LogP contribution in [0, 0.1) is 6.92 Å². The highest BCUT2D eigenvalue weighted by atomic mass is 35.5. The van der Waals surface area contributed by atoms with Crippen LogP contribution < -0.4 is 5.32 Å². The smallest absolute Gasteiger partial charge is 0.227 e. The van der Waals surface area contributed by atoms with Gasteiger partial charge in [-0.3, -0.25) is 0 Å². The number of nitrogens with zero attached hydrogens (tertiary/aromatic N) is 2. The molecule has 0 spiro atoms. The monoisotopic (exact) mass is 231 g/mol. The highest BCUT2D eigenvalue weighted by Crippen LogP contribution is 2.17. The van der Waals surface area contributed by atoms with Crippen LogP contribution in [0.5, 0.6) is 0 Å². The molecule has 1 fully saturated rings. The summed E-state index contributed by atoms with van der Waals surface area (Å²) in [6.45, 7) is 2.80. The number of nitrogens with one attached hydrogen (secondary N) is 1. The van der Waals surface area contributed by atoms with Gasteiger partial charge in [0.2, 0.25) is 5.89 Å². The van der Waals surface area contributed by atoms with Crippen LogP contribution in [-0.2, 0) is 6.42 Å². The van der Waals surface area contributed by atoms with Crippen molar-refractivity contribution in [3.05, 3.63) is 11.7 Å². The Hall–Kier alpha value is -0.610. The Morgan fingerprint density at radius 3 is 2.73 bits per heavy atom. The van der Waals surface area contributed by atoms with E-state index < -0.39 is 0 Å². The zero-order chi connectivity index (χ0) is 9.80. The largest absolute Gasteiger partial charge is 0.339 e. The molecule has 0 atom stereocenters. The van der Waals surface area contributed by atoms with E-state index >= 15 is 0 Å². The maximum Gasteiger partial charge on any atom is 0.227 e. The lowest BCUT2D eigenvalue weighted by atomic mass is 10.2. The molecule has 4 nitrogen and oxygen atoms in total. The molecule has 0 saturated heterocycles. The summed E-state index contributed by atoms with van der Waals surface area (Å²) in [7, 11) is 0. The molecule has 5 heteroatoms. The maximum atomic E-state index is 5.03. The van der Waals surface area contributed by atoms with Crippen molar-refractivity contribution in [1.82, 2.24) is 15.5 Å². The third-order valence-corrected chi connectivity index (χ3v) is 2.70. The van der Waals surface area contributed by atoms with Crippen molar-refractivity contribution in [2.75, 3.05) is 6.54 Å². The lowest BCUT2D eigenvalue weighted by Gasteiger charge is -2.09. The van der Waals surface area contributed by atoms with E-state index in [2.05, 4.69) is 15.5 Å². The van der Waals surface area contributed by atoms with E-state index in [4.69, 9.17) is 4.52 Å². The molecule has 1 aliphatic rings. The van der Waals surface area contributed by atoms with Gasteiger partial charge in [-0.1, -0.05) is 18.0 Å². The van der Waals surface area contributed by atoms with Crippen molar-refractivity contribution in [2.45, 2.75) is 45.1 Å². The van der Waals surface area contributed by atoms with Crippen LogP contribution in [0.25, 0.3) is 0 Å². The van der Waals surface area contributed by atoms with Crippen LogP contribution in [-0.4, -0.2) is 22.7 Å². The van der Waals surface area contributed by atoms with Crippen molar-refractivity contribution in [3.63, 3.8) is 0 Å². The van der Waals surface area contributed by atoms with Crippen LogP contribution in [0.4, 0.5) is 0 Å². The minimum atomic E-state index is 0. The molecule has 0 radical (unpaired) electrons. The molecule has 1 aromatic heterocycles. The van der Waals surface area contributed by atoms with Gasteiger partial charge in [-0.2, -0.15) is 4.98 Å². The standard InChI is InChI=1S/C10H17N3O.ClH/c1-8-12-10(14-13-8)6-7-11-9-4-2-3-5-9;/h9,11H,2-7H2,1H3;1H. The van der Waals surface area contributed by atoms with Gasteiger partial charge in [-0.05, 0) is 19.8 Å². The zero-order valence-electron chi connectivity index (χ0n) is 9.03. The molecular weight excluding hydrogens is 214 g/mol. The minimum absolute atomic E-state index is 0. The molecule has 1 aliphatic carbocycles. The van der Waals surface area contributed by atoms with Gasteiger partial charge >= 0.3 is 0 Å². The molecule has 86 valence electrons. The fraction of sp³-hybridized carbons (Fsp3) is 0.800.